The summed E-state index contributed by atoms with van der Waals surface area (Å²) in [7, 11) is 1.92. The molecule has 2 rings (SSSR count). The van der Waals surface area contributed by atoms with Crippen LogP contribution in [-0.4, -0.2) is 63.0 Å². The molecule has 1 amide bonds. The molecule has 0 spiro atoms. The van der Waals surface area contributed by atoms with Crippen LogP contribution < -0.4 is 10.6 Å². The summed E-state index contributed by atoms with van der Waals surface area (Å²) in [6, 6.07) is 0.159. The Bertz CT molecular complexity index is 633. The van der Waals surface area contributed by atoms with E-state index in [-0.39, 0.29) is 36.1 Å². The first-order chi connectivity index (χ1) is 11.7. The maximum Gasteiger partial charge on any atom is 0.410 e. The Kier molecular flexibility index (Phi) is 8.10. The highest BCUT2D eigenvalue weighted by molar-refractivity contribution is 14.0. The first kappa shape index (κ1) is 22.5. The number of carbonyl (C=O) groups excluding carboxylic acids is 1. The molecule has 1 fully saturated rings. The molecule has 1 aromatic rings. The van der Waals surface area contributed by atoms with E-state index in [0.717, 1.165) is 18.2 Å². The minimum atomic E-state index is -0.472. The zero-order valence-electron chi connectivity index (χ0n) is 16.4. The van der Waals surface area contributed by atoms with Crippen molar-refractivity contribution >= 4 is 36.0 Å². The van der Waals surface area contributed by atoms with Gasteiger partial charge in [-0.3, -0.25) is 0 Å². The summed E-state index contributed by atoms with van der Waals surface area (Å²) in [5.41, 5.74) is -0.472. The van der Waals surface area contributed by atoms with Crippen LogP contribution >= 0.6 is 24.0 Å². The van der Waals surface area contributed by atoms with E-state index >= 15 is 0 Å². The molecule has 0 saturated carbocycles. The predicted octanol–water partition coefficient (Wildman–Crippen LogP) is 1.42. The second kappa shape index (κ2) is 9.38. The molecule has 0 bridgehead atoms. The molecule has 1 aliphatic rings. The van der Waals surface area contributed by atoms with Crippen LogP contribution in [0, 0.1) is 6.92 Å². The number of halogens is 1. The van der Waals surface area contributed by atoms with Crippen molar-refractivity contribution in [3.05, 3.63) is 11.6 Å². The number of nitrogens with zero attached hydrogens (tertiary/aromatic N) is 5. The summed E-state index contributed by atoms with van der Waals surface area (Å²) in [6.07, 6.45) is -0.276. The summed E-state index contributed by atoms with van der Waals surface area (Å²) >= 11 is 0. The maximum atomic E-state index is 12.0. The predicted molar refractivity (Wildman–Crippen MR) is 111 cm³/mol. The minimum Gasteiger partial charge on any atom is -0.444 e. The van der Waals surface area contributed by atoms with Crippen LogP contribution in [0.2, 0.25) is 0 Å². The molecule has 1 aliphatic heterocycles. The number of guanidine groups is 1. The van der Waals surface area contributed by atoms with Crippen LogP contribution in [0.3, 0.4) is 0 Å². The topological polar surface area (TPSA) is 96.7 Å². The number of carbonyl (C=O) groups is 1. The lowest BCUT2D eigenvalue weighted by Crippen LogP contribution is -2.63. The summed E-state index contributed by atoms with van der Waals surface area (Å²) in [4.78, 5) is 18.2. The highest BCUT2D eigenvalue weighted by atomic mass is 127. The lowest BCUT2D eigenvalue weighted by molar-refractivity contribution is 0.00701. The van der Waals surface area contributed by atoms with Gasteiger partial charge < -0.3 is 24.8 Å². The SMILES string of the molecule is CCNC(=NCc1nnc(C)n1C)NC1CN(C(=O)OC(C)(C)C)C1.I. The van der Waals surface area contributed by atoms with Gasteiger partial charge in [0.15, 0.2) is 11.8 Å². The Balaban J connectivity index is 0.00000338. The molecule has 0 aromatic carbocycles. The van der Waals surface area contributed by atoms with E-state index < -0.39 is 5.60 Å². The van der Waals surface area contributed by atoms with Gasteiger partial charge in [-0.1, -0.05) is 0 Å². The van der Waals surface area contributed by atoms with Crippen LogP contribution in [-0.2, 0) is 18.3 Å². The van der Waals surface area contributed by atoms with Gasteiger partial charge in [0.2, 0.25) is 0 Å². The minimum absolute atomic E-state index is 0. The van der Waals surface area contributed by atoms with Gasteiger partial charge >= 0.3 is 6.09 Å². The lowest BCUT2D eigenvalue weighted by atomic mass is 10.1. The van der Waals surface area contributed by atoms with Gasteiger partial charge in [0.05, 0.1) is 6.04 Å². The van der Waals surface area contributed by atoms with Gasteiger partial charge in [-0.25, -0.2) is 9.79 Å². The number of aliphatic imine (C=N–C) groups is 1. The molecule has 0 atom stereocenters. The molecule has 9 nitrogen and oxygen atoms in total. The van der Waals surface area contributed by atoms with Crippen molar-refractivity contribution in [3.63, 3.8) is 0 Å². The summed E-state index contributed by atoms with van der Waals surface area (Å²) in [5.74, 6) is 2.37. The number of hydrogen-bond donors (Lipinski definition) is 2. The van der Waals surface area contributed by atoms with E-state index in [9.17, 15) is 4.79 Å². The van der Waals surface area contributed by atoms with Crippen LogP contribution in [0.15, 0.2) is 4.99 Å². The zero-order chi connectivity index (χ0) is 18.6. The van der Waals surface area contributed by atoms with Crippen molar-refractivity contribution in [2.75, 3.05) is 19.6 Å². The third kappa shape index (κ3) is 6.29. The van der Waals surface area contributed by atoms with E-state index in [0.29, 0.717) is 25.6 Å². The van der Waals surface area contributed by atoms with E-state index in [1.807, 2.05) is 46.2 Å². The van der Waals surface area contributed by atoms with Crippen molar-refractivity contribution in [2.45, 2.75) is 52.8 Å². The zero-order valence-corrected chi connectivity index (χ0v) is 18.7. The Morgan fingerprint density at radius 1 is 1.35 bits per heavy atom. The Morgan fingerprint density at radius 2 is 2.00 bits per heavy atom. The second-order valence-electron chi connectivity index (χ2n) is 7.14. The molecular weight excluding hydrogens is 449 g/mol. The molecule has 148 valence electrons. The van der Waals surface area contributed by atoms with Crippen molar-refractivity contribution in [2.24, 2.45) is 12.0 Å². The lowest BCUT2D eigenvalue weighted by Gasteiger charge is -2.40. The Morgan fingerprint density at radius 3 is 2.50 bits per heavy atom. The monoisotopic (exact) mass is 479 g/mol. The third-order valence-electron chi connectivity index (χ3n) is 3.78. The van der Waals surface area contributed by atoms with Crippen LogP contribution in [0.25, 0.3) is 0 Å². The van der Waals surface area contributed by atoms with Crippen molar-refractivity contribution < 1.29 is 9.53 Å². The quantitative estimate of drug-likeness (QED) is 0.385. The molecule has 10 heteroatoms. The van der Waals surface area contributed by atoms with Gasteiger partial charge in [0.25, 0.3) is 0 Å². The van der Waals surface area contributed by atoms with E-state index in [1.54, 1.807) is 4.90 Å². The Hall–Kier alpha value is -1.59. The van der Waals surface area contributed by atoms with Gasteiger partial charge in [0, 0.05) is 26.7 Å². The molecule has 0 aliphatic carbocycles. The van der Waals surface area contributed by atoms with Crippen molar-refractivity contribution in [3.8, 4) is 0 Å². The molecule has 26 heavy (non-hydrogen) atoms. The third-order valence-corrected chi connectivity index (χ3v) is 3.78. The fraction of sp³-hybridized carbons (Fsp3) is 0.750. The number of aryl methyl sites for hydroxylation is 1. The van der Waals surface area contributed by atoms with E-state index in [1.165, 1.54) is 0 Å². The fourth-order valence-corrected chi connectivity index (χ4v) is 2.30. The number of aromatic nitrogens is 3. The number of amides is 1. The number of hydrogen-bond acceptors (Lipinski definition) is 5. The molecule has 0 radical (unpaired) electrons. The van der Waals surface area contributed by atoms with E-state index in [2.05, 4.69) is 25.8 Å². The number of rotatable bonds is 4. The average molecular weight is 479 g/mol. The van der Waals surface area contributed by atoms with Crippen molar-refractivity contribution in [1.29, 1.82) is 0 Å². The number of nitrogens with one attached hydrogen (secondary N) is 2. The van der Waals surface area contributed by atoms with Gasteiger partial charge in [-0.05, 0) is 34.6 Å². The average Bonchev–Trinajstić information content (AvgIpc) is 2.77. The first-order valence-electron chi connectivity index (χ1n) is 8.57. The first-order valence-corrected chi connectivity index (χ1v) is 8.57. The van der Waals surface area contributed by atoms with Gasteiger partial charge in [-0.2, -0.15) is 0 Å². The highest BCUT2D eigenvalue weighted by Gasteiger charge is 2.34. The van der Waals surface area contributed by atoms with E-state index in [4.69, 9.17) is 4.74 Å². The van der Waals surface area contributed by atoms with Crippen LogP contribution in [0.5, 0.6) is 0 Å². The molecule has 1 saturated heterocycles. The normalized spacial score (nSPS) is 15.2. The molecule has 2 heterocycles. The molecule has 0 unspecified atom stereocenters. The number of ether oxygens (including phenoxy) is 1. The van der Waals surface area contributed by atoms with Crippen molar-refractivity contribution in [1.82, 2.24) is 30.3 Å². The van der Waals surface area contributed by atoms with Gasteiger partial charge in [-0.15, -0.1) is 34.2 Å². The largest absolute Gasteiger partial charge is 0.444 e. The Labute approximate surface area is 172 Å². The molecule has 2 N–H and O–H groups in total. The highest BCUT2D eigenvalue weighted by Crippen LogP contribution is 2.15. The van der Waals surface area contributed by atoms with Gasteiger partial charge in [0.1, 0.15) is 18.0 Å². The second-order valence-corrected chi connectivity index (χ2v) is 7.14. The maximum absolute atomic E-state index is 12.0. The molecular formula is C16H30IN7O2. The molecule has 1 aromatic heterocycles. The summed E-state index contributed by atoms with van der Waals surface area (Å²) in [5, 5.41) is 14.7. The summed E-state index contributed by atoms with van der Waals surface area (Å²) < 4.78 is 7.28. The fourth-order valence-electron chi connectivity index (χ4n) is 2.30. The van der Waals surface area contributed by atoms with Crippen LogP contribution in [0.4, 0.5) is 4.79 Å². The standard InChI is InChI=1S/C16H29N7O2.HI/c1-7-17-14(18-8-13-21-20-11(2)22(13)6)19-12-9-23(10-12)15(24)25-16(3,4)5;/h12H,7-10H2,1-6H3,(H2,17,18,19);1H. The summed E-state index contributed by atoms with van der Waals surface area (Å²) in [6.45, 7) is 11.9. The number of likely N-dealkylation sites (tertiary alicyclic amines) is 1. The smallest absolute Gasteiger partial charge is 0.410 e. The van der Waals surface area contributed by atoms with Crippen LogP contribution in [0.1, 0.15) is 39.3 Å².